The average molecular weight is 353 g/mol. The second-order valence-electron chi connectivity index (χ2n) is 6.59. The third-order valence-corrected chi connectivity index (χ3v) is 4.37. The first-order chi connectivity index (χ1) is 10.3. The molecule has 2 rings (SSSR count). The van der Waals surface area contributed by atoms with Crippen LogP contribution in [-0.4, -0.2) is 71.2 Å². The predicted octanol–water partition coefficient (Wildman–Crippen LogP) is -0.949. The van der Waals surface area contributed by atoms with Crippen LogP contribution >= 0.6 is 0 Å². The van der Waals surface area contributed by atoms with Gasteiger partial charge in [-0.1, -0.05) is 13.8 Å². The first-order valence-electron chi connectivity index (χ1n) is 8.12. The molecular formula is C16H35NO7. The molecule has 2 aliphatic heterocycles. The summed E-state index contributed by atoms with van der Waals surface area (Å²) in [5.41, 5.74) is 0. The van der Waals surface area contributed by atoms with Crippen molar-refractivity contribution in [2.24, 2.45) is 11.8 Å². The SMILES string of the molecule is CC(=O)NC1COC(CO)[C@H](O)C1.CC1C[C@@H](C)C(C)CO1.O.O. The summed E-state index contributed by atoms with van der Waals surface area (Å²) >= 11 is 0. The zero-order valence-corrected chi connectivity index (χ0v) is 15.1. The van der Waals surface area contributed by atoms with Crippen LogP contribution in [0.5, 0.6) is 0 Å². The molecular weight excluding hydrogens is 318 g/mol. The van der Waals surface area contributed by atoms with Gasteiger partial charge in [0.2, 0.25) is 5.91 Å². The van der Waals surface area contributed by atoms with E-state index in [1.54, 1.807) is 0 Å². The van der Waals surface area contributed by atoms with Crippen molar-refractivity contribution in [3.8, 4) is 0 Å². The minimum atomic E-state index is -0.699. The highest BCUT2D eigenvalue weighted by atomic mass is 16.5. The lowest BCUT2D eigenvalue weighted by molar-refractivity contribution is -0.127. The summed E-state index contributed by atoms with van der Waals surface area (Å²) in [4.78, 5) is 10.7. The van der Waals surface area contributed by atoms with Gasteiger partial charge < -0.3 is 36.0 Å². The summed E-state index contributed by atoms with van der Waals surface area (Å²) in [5, 5.41) is 20.8. The molecule has 8 nitrogen and oxygen atoms in total. The molecule has 8 heteroatoms. The quantitative estimate of drug-likeness (QED) is 0.584. The molecule has 1 amide bonds. The maximum absolute atomic E-state index is 10.7. The van der Waals surface area contributed by atoms with Gasteiger partial charge in [0.25, 0.3) is 0 Å². The summed E-state index contributed by atoms with van der Waals surface area (Å²) in [5.74, 6) is 1.48. The fraction of sp³-hybridized carbons (Fsp3) is 0.938. The Balaban J connectivity index is 0. The molecule has 2 heterocycles. The third-order valence-electron chi connectivity index (χ3n) is 4.37. The Labute approximate surface area is 144 Å². The van der Waals surface area contributed by atoms with E-state index in [4.69, 9.17) is 14.6 Å². The highest BCUT2D eigenvalue weighted by Gasteiger charge is 2.29. The van der Waals surface area contributed by atoms with Gasteiger partial charge in [-0.05, 0) is 31.6 Å². The van der Waals surface area contributed by atoms with Crippen LogP contribution in [0.4, 0.5) is 0 Å². The monoisotopic (exact) mass is 353 g/mol. The van der Waals surface area contributed by atoms with Crippen LogP contribution in [0.1, 0.15) is 40.5 Å². The molecule has 0 aliphatic carbocycles. The summed E-state index contributed by atoms with van der Waals surface area (Å²) < 4.78 is 10.6. The number of carbonyl (C=O) groups excluding carboxylic acids is 1. The van der Waals surface area contributed by atoms with Gasteiger partial charge >= 0.3 is 0 Å². The average Bonchev–Trinajstić information content (AvgIpc) is 2.43. The molecule has 0 spiro atoms. The van der Waals surface area contributed by atoms with E-state index in [-0.39, 0.29) is 29.5 Å². The van der Waals surface area contributed by atoms with Crippen molar-refractivity contribution in [2.75, 3.05) is 19.8 Å². The molecule has 0 aromatic rings. The molecule has 0 bridgehead atoms. The minimum Gasteiger partial charge on any atom is -0.412 e. The number of carbonyl (C=O) groups is 1. The summed E-state index contributed by atoms with van der Waals surface area (Å²) in [6.45, 7) is 9.27. The molecule has 0 aromatic heterocycles. The van der Waals surface area contributed by atoms with Gasteiger partial charge in [-0.2, -0.15) is 0 Å². The van der Waals surface area contributed by atoms with Crippen LogP contribution in [0.2, 0.25) is 0 Å². The van der Waals surface area contributed by atoms with Gasteiger partial charge in [-0.15, -0.1) is 0 Å². The number of rotatable bonds is 2. The van der Waals surface area contributed by atoms with Crippen molar-refractivity contribution < 1.29 is 35.4 Å². The topological polar surface area (TPSA) is 151 Å². The Morgan fingerprint density at radius 3 is 2.12 bits per heavy atom. The van der Waals surface area contributed by atoms with Crippen LogP contribution in [-0.2, 0) is 14.3 Å². The molecule has 2 saturated heterocycles. The Bertz CT molecular complexity index is 342. The zero-order chi connectivity index (χ0) is 16.7. The molecule has 7 N–H and O–H groups in total. The number of aliphatic hydroxyl groups is 2. The fourth-order valence-electron chi connectivity index (χ4n) is 2.73. The van der Waals surface area contributed by atoms with Crippen LogP contribution in [0.25, 0.3) is 0 Å². The van der Waals surface area contributed by atoms with Crippen molar-refractivity contribution in [1.82, 2.24) is 5.32 Å². The van der Waals surface area contributed by atoms with E-state index in [1.165, 1.54) is 13.3 Å². The molecule has 0 radical (unpaired) electrons. The van der Waals surface area contributed by atoms with Crippen molar-refractivity contribution in [1.29, 1.82) is 0 Å². The Hall–Kier alpha value is -0.770. The molecule has 4 unspecified atom stereocenters. The van der Waals surface area contributed by atoms with Gasteiger partial charge in [0.15, 0.2) is 0 Å². The van der Waals surface area contributed by atoms with E-state index in [0.717, 1.165) is 18.4 Å². The van der Waals surface area contributed by atoms with Crippen molar-refractivity contribution in [3.05, 3.63) is 0 Å². The van der Waals surface area contributed by atoms with Gasteiger partial charge in [0.05, 0.1) is 31.5 Å². The maximum Gasteiger partial charge on any atom is 0.217 e. The number of hydrogen-bond acceptors (Lipinski definition) is 5. The standard InChI is InChI=1S/C8H15NO4.C8H16O.2H2O/c1-5(11)9-6-2-7(12)8(3-10)13-4-6;1-6-4-8(3)9-5-7(6)2;;/h6-8,10,12H,2-4H2,1H3,(H,9,11);6-8H,4-5H2,1-3H3;2*1H2/t6?,7-,8?;6-,7?,8?;;/m11../s1. The zero-order valence-electron chi connectivity index (χ0n) is 15.1. The highest BCUT2D eigenvalue weighted by molar-refractivity contribution is 5.73. The van der Waals surface area contributed by atoms with Gasteiger partial charge in [0.1, 0.15) is 6.10 Å². The van der Waals surface area contributed by atoms with Gasteiger partial charge in [0, 0.05) is 13.5 Å². The van der Waals surface area contributed by atoms with Crippen molar-refractivity contribution in [3.63, 3.8) is 0 Å². The van der Waals surface area contributed by atoms with E-state index < -0.39 is 12.2 Å². The van der Waals surface area contributed by atoms with E-state index in [0.29, 0.717) is 19.1 Å². The normalized spacial score (nSPS) is 35.4. The number of ether oxygens (including phenoxy) is 2. The second-order valence-corrected chi connectivity index (χ2v) is 6.59. The summed E-state index contributed by atoms with van der Waals surface area (Å²) in [6.07, 6.45) is 0.961. The maximum atomic E-state index is 10.7. The van der Waals surface area contributed by atoms with Crippen LogP contribution in [0, 0.1) is 11.8 Å². The summed E-state index contributed by atoms with van der Waals surface area (Å²) in [7, 11) is 0. The number of amides is 1. The Kier molecular flexibility index (Phi) is 13.3. The number of nitrogens with one attached hydrogen (secondary N) is 1. The van der Waals surface area contributed by atoms with E-state index in [2.05, 4.69) is 26.1 Å². The smallest absolute Gasteiger partial charge is 0.217 e. The Morgan fingerprint density at radius 1 is 1.08 bits per heavy atom. The molecule has 0 saturated carbocycles. The molecule has 24 heavy (non-hydrogen) atoms. The molecule has 6 atom stereocenters. The highest BCUT2D eigenvalue weighted by Crippen LogP contribution is 2.24. The Morgan fingerprint density at radius 2 is 1.71 bits per heavy atom. The minimum absolute atomic E-state index is 0. The van der Waals surface area contributed by atoms with Crippen molar-refractivity contribution in [2.45, 2.75) is 64.9 Å². The second kappa shape index (κ2) is 12.6. The number of hydrogen-bond donors (Lipinski definition) is 3. The van der Waals surface area contributed by atoms with Crippen molar-refractivity contribution >= 4 is 5.91 Å². The lowest BCUT2D eigenvalue weighted by atomic mass is 9.89. The number of aliphatic hydroxyl groups excluding tert-OH is 2. The largest absolute Gasteiger partial charge is 0.412 e. The summed E-state index contributed by atoms with van der Waals surface area (Å²) in [6, 6.07) is -0.143. The van der Waals surface area contributed by atoms with Gasteiger partial charge in [-0.3, -0.25) is 4.79 Å². The van der Waals surface area contributed by atoms with Crippen LogP contribution in [0.3, 0.4) is 0 Å². The van der Waals surface area contributed by atoms with Crippen LogP contribution in [0.15, 0.2) is 0 Å². The molecule has 146 valence electrons. The lowest BCUT2D eigenvalue weighted by Crippen LogP contribution is -2.49. The first-order valence-corrected chi connectivity index (χ1v) is 8.12. The molecule has 2 fully saturated rings. The fourth-order valence-corrected chi connectivity index (χ4v) is 2.73. The van der Waals surface area contributed by atoms with Gasteiger partial charge in [-0.25, -0.2) is 0 Å². The predicted molar refractivity (Wildman–Crippen MR) is 90.6 cm³/mol. The first kappa shape index (κ1) is 25.5. The van der Waals surface area contributed by atoms with E-state index in [9.17, 15) is 9.90 Å². The van der Waals surface area contributed by atoms with Crippen LogP contribution < -0.4 is 5.32 Å². The third kappa shape index (κ3) is 8.91. The molecule has 0 aromatic carbocycles. The molecule has 2 aliphatic rings. The lowest BCUT2D eigenvalue weighted by Gasteiger charge is -2.32. The van der Waals surface area contributed by atoms with E-state index in [1.807, 2.05) is 0 Å². The van der Waals surface area contributed by atoms with E-state index >= 15 is 0 Å².